The van der Waals surface area contributed by atoms with Gasteiger partial charge in [0.2, 0.25) is 5.75 Å². The molecule has 1 fully saturated rings. The van der Waals surface area contributed by atoms with Crippen LogP contribution < -0.4 is 28.4 Å². The third-order valence-electron chi connectivity index (χ3n) is 9.20. The van der Waals surface area contributed by atoms with Crippen LogP contribution in [0.2, 0.25) is 0 Å². The quantitative estimate of drug-likeness (QED) is 0.102. The van der Waals surface area contributed by atoms with Crippen molar-refractivity contribution in [3.05, 3.63) is 70.8 Å². The highest BCUT2D eigenvalue weighted by Gasteiger charge is 2.46. The zero-order valence-corrected chi connectivity index (χ0v) is 29.6. The van der Waals surface area contributed by atoms with Gasteiger partial charge in [-0.05, 0) is 47.5 Å². The summed E-state index contributed by atoms with van der Waals surface area (Å²) in [5.74, 6) is 0.464. The molecule has 9 atom stereocenters. The number of rotatable bonds is 16. The van der Waals surface area contributed by atoms with Gasteiger partial charge in [-0.25, -0.2) is 0 Å². The number of benzene rings is 3. The van der Waals surface area contributed by atoms with E-state index in [0.29, 0.717) is 33.8 Å². The number of phenolic OH excluding ortho intramolecular Hbond substituents is 1. The Morgan fingerprint density at radius 1 is 0.811 bits per heavy atom. The highest BCUT2D eigenvalue weighted by Crippen LogP contribution is 2.53. The molecule has 2 heterocycles. The van der Waals surface area contributed by atoms with E-state index in [2.05, 4.69) is 0 Å². The summed E-state index contributed by atoms with van der Waals surface area (Å²) >= 11 is 0. The second-order valence-electron chi connectivity index (χ2n) is 12.4. The van der Waals surface area contributed by atoms with Gasteiger partial charge in [0.05, 0.1) is 60.8 Å². The zero-order chi connectivity index (χ0) is 38.4. The highest BCUT2D eigenvalue weighted by atomic mass is 16.7. The smallest absolute Gasteiger partial charge is 0.204 e. The predicted octanol–water partition coefficient (Wildman–Crippen LogP) is 0.939. The molecule has 0 amide bonds. The molecule has 53 heavy (non-hydrogen) atoms. The molecular weight excluding hydrogens is 700 g/mol. The molecule has 0 aromatic heterocycles. The first kappa shape index (κ1) is 39.8. The summed E-state index contributed by atoms with van der Waals surface area (Å²) in [6.45, 7) is -1.63. The molecule has 0 spiro atoms. The average Bonchev–Trinajstić information content (AvgIpc) is 3.55. The summed E-state index contributed by atoms with van der Waals surface area (Å²) in [5.41, 5.74) is 2.11. The van der Waals surface area contributed by atoms with Gasteiger partial charge in [-0.1, -0.05) is 18.2 Å². The maximum Gasteiger partial charge on any atom is 0.204 e. The van der Waals surface area contributed by atoms with E-state index in [-0.39, 0.29) is 42.0 Å². The largest absolute Gasteiger partial charge is 0.504 e. The van der Waals surface area contributed by atoms with Crippen LogP contribution in [-0.4, -0.2) is 133 Å². The van der Waals surface area contributed by atoms with E-state index in [4.69, 9.17) is 37.9 Å². The third kappa shape index (κ3) is 8.26. The van der Waals surface area contributed by atoms with Gasteiger partial charge in [0.1, 0.15) is 36.6 Å². The molecule has 9 unspecified atom stereocenters. The minimum atomic E-state index is -1.65. The van der Waals surface area contributed by atoms with Crippen molar-refractivity contribution in [3.8, 4) is 40.2 Å². The Bertz CT molecular complexity index is 1690. The van der Waals surface area contributed by atoms with E-state index in [1.165, 1.54) is 46.6 Å². The number of hydrogen-bond acceptors (Lipinski definition) is 16. The van der Waals surface area contributed by atoms with Crippen molar-refractivity contribution in [1.82, 2.24) is 0 Å². The molecule has 5 rings (SSSR count). The molecule has 1 saturated heterocycles. The molecule has 3 aromatic rings. The highest BCUT2D eigenvalue weighted by molar-refractivity contribution is 5.63. The minimum absolute atomic E-state index is 0.0567. The van der Waals surface area contributed by atoms with Crippen LogP contribution in [0.25, 0.3) is 6.08 Å². The number of aliphatic hydroxyl groups is 7. The SMILES string of the molecule is COc1cc(C(O)C(CO)Oc2c(OC)cc(C3Oc4c(OC)cc(C=CCO)cc4C3COC3OC(CO)C(O)C(O)C3O)cc2OC)ccc1O. The van der Waals surface area contributed by atoms with Crippen LogP contribution in [0.3, 0.4) is 0 Å². The number of ether oxygens (including phenoxy) is 8. The van der Waals surface area contributed by atoms with Gasteiger partial charge < -0.3 is 78.7 Å². The van der Waals surface area contributed by atoms with Crippen LogP contribution in [-0.2, 0) is 9.47 Å². The van der Waals surface area contributed by atoms with Crippen LogP contribution >= 0.6 is 0 Å². The Morgan fingerprint density at radius 2 is 1.49 bits per heavy atom. The summed E-state index contributed by atoms with van der Waals surface area (Å²) in [4.78, 5) is 0. The lowest BCUT2D eigenvalue weighted by molar-refractivity contribution is -0.302. The van der Waals surface area contributed by atoms with Gasteiger partial charge in [0, 0.05) is 11.1 Å². The second-order valence-corrected chi connectivity index (χ2v) is 12.4. The third-order valence-corrected chi connectivity index (χ3v) is 9.20. The zero-order valence-electron chi connectivity index (χ0n) is 29.6. The Morgan fingerprint density at radius 3 is 2.09 bits per heavy atom. The van der Waals surface area contributed by atoms with Crippen molar-refractivity contribution in [1.29, 1.82) is 0 Å². The summed E-state index contributed by atoms with van der Waals surface area (Å²) < 4.78 is 46.5. The van der Waals surface area contributed by atoms with Crippen molar-refractivity contribution < 1.29 is 78.7 Å². The Labute approximate surface area is 305 Å². The van der Waals surface area contributed by atoms with Crippen LogP contribution in [0.1, 0.15) is 40.4 Å². The standard InChI is InChI=1S/C37H46O16/c1-46-24-12-19(7-8-23(24)41)30(42)28(15-39)51-36-26(48-3)13-20(14-27(36)49-4)34-22(17-50-37-33(45)32(44)31(43)29(16-40)52-37)21-10-18(6-5-9-38)11-25(47-2)35(21)53-34/h5-8,10-14,22,28-34,37-45H,9,15-17H2,1-4H3. The first-order chi connectivity index (χ1) is 25.5. The van der Waals surface area contributed by atoms with Crippen LogP contribution in [0.15, 0.2) is 48.5 Å². The van der Waals surface area contributed by atoms with E-state index in [0.717, 1.165) is 0 Å². The van der Waals surface area contributed by atoms with Gasteiger partial charge in [-0.15, -0.1) is 0 Å². The Kier molecular flexibility index (Phi) is 13.3. The molecule has 0 saturated carbocycles. The van der Waals surface area contributed by atoms with Crippen LogP contribution in [0.5, 0.6) is 40.2 Å². The van der Waals surface area contributed by atoms with E-state index < -0.39 is 68.1 Å². The van der Waals surface area contributed by atoms with Crippen molar-refractivity contribution in [2.45, 2.75) is 54.9 Å². The van der Waals surface area contributed by atoms with Crippen LogP contribution in [0, 0.1) is 0 Å². The Hall–Kier alpha value is -4.36. The van der Waals surface area contributed by atoms with Gasteiger partial charge in [0.25, 0.3) is 0 Å². The molecular formula is C37H46O16. The van der Waals surface area contributed by atoms with Crippen molar-refractivity contribution in [2.24, 2.45) is 0 Å². The number of phenols is 1. The van der Waals surface area contributed by atoms with Gasteiger partial charge in [-0.3, -0.25) is 0 Å². The summed E-state index contributed by atoms with van der Waals surface area (Å²) in [6.07, 6.45) is -7.65. The molecule has 0 bridgehead atoms. The molecule has 290 valence electrons. The fourth-order valence-electron chi connectivity index (χ4n) is 6.36. The molecule has 16 nitrogen and oxygen atoms in total. The lowest BCUT2D eigenvalue weighted by Gasteiger charge is -2.40. The molecule has 2 aliphatic rings. The van der Waals surface area contributed by atoms with E-state index in [1.54, 1.807) is 30.4 Å². The number of aromatic hydroxyl groups is 1. The molecule has 2 aliphatic heterocycles. The molecule has 8 N–H and O–H groups in total. The van der Waals surface area contributed by atoms with E-state index in [1.807, 2.05) is 6.07 Å². The number of fused-ring (bicyclic) bond motifs is 1. The van der Waals surface area contributed by atoms with E-state index >= 15 is 0 Å². The fourth-order valence-corrected chi connectivity index (χ4v) is 6.36. The Balaban J connectivity index is 1.52. The van der Waals surface area contributed by atoms with Gasteiger partial charge in [-0.2, -0.15) is 0 Å². The maximum absolute atomic E-state index is 11.2. The second kappa shape index (κ2) is 17.6. The topological polar surface area (TPSA) is 236 Å². The van der Waals surface area contributed by atoms with E-state index in [9.17, 15) is 40.9 Å². The lowest BCUT2D eigenvalue weighted by atomic mass is 9.90. The first-order valence-electron chi connectivity index (χ1n) is 16.7. The number of methoxy groups -OCH3 is 4. The summed E-state index contributed by atoms with van der Waals surface area (Å²) in [6, 6.07) is 11.0. The fraction of sp³-hybridized carbons (Fsp3) is 0.459. The van der Waals surface area contributed by atoms with Gasteiger partial charge in [0.15, 0.2) is 46.9 Å². The monoisotopic (exact) mass is 746 g/mol. The van der Waals surface area contributed by atoms with Gasteiger partial charge >= 0.3 is 0 Å². The maximum atomic E-state index is 11.2. The minimum Gasteiger partial charge on any atom is -0.504 e. The van der Waals surface area contributed by atoms with Crippen molar-refractivity contribution in [3.63, 3.8) is 0 Å². The molecule has 0 radical (unpaired) electrons. The first-order valence-corrected chi connectivity index (χ1v) is 16.7. The summed E-state index contributed by atoms with van der Waals surface area (Å²) in [5, 5.41) is 81.9. The number of aliphatic hydroxyl groups excluding tert-OH is 7. The lowest BCUT2D eigenvalue weighted by Crippen LogP contribution is -2.59. The molecule has 0 aliphatic carbocycles. The van der Waals surface area contributed by atoms with Crippen LogP contribution in [0.4, 0.5) is 0 Å². The number of hydrogen-bond donors (Lipinski definition) is 8. The predicted molar refractivity (Wildman–Crippen MR) is 186 cm³/mol. The normalized spacial score (nSPS) is 25.0. The molecule has 3 aromatic carbocycles. The van der Waals surface area contributed by atoms with Crippen molar-refractivity contribution >= 4 is 6.08 Å². The average molecular weight is 747 g/mol. The molecule has 16 heteroatoms. The van der Waals surface area contributed by atoms with Crippen molar-refractivity contribution in [2.75, 3.05) is 54.9 Å². The summed E-state index contributed by atoms with van der Waals surface area (Å²) in [7, 11) is 5.63.